The summed E-state index contributed by atoms with van der Waals surface area (Å²) in [5, 5.41) is 11.1. The highest BCUT2D eigenvalue weighted by Crippen LogP contribution is 2.43. The molecule has 2 aromatic carbocycles. The number of methoxy groups -OCH3 is 3. The van der Waals surface area contributed by atoms with Crippen LogP contribution < -0.4 is 14.2 Å². The van der Waals surface area contributed by atoms with E-state index in [4.69, 9.17) is 25.8 Å². The van der Waals surface area contributed by atoms with Crippen molar-refractivity contribution in [3.05, 3.63) is 52.5 Å². The van der Waals surface area contributed by atoms with Gasteiger partial charge in [0, 0.05) is 10.6 Å². The molecule has 0 aliphatic rings. The third kappa shape index (κ3) is 3.06. The van der Waals surface area contributed by atoms with Crippen molar-refractivity contribution in [2.45, 2.75) is 6.10 Å². The maximum atomic E-state index is 10.6. The van der Waals surface area contributed by atoms with Crippen LogP contribution in [0, 0.1) is 0 Å². The molecule has 0 saturated carbocycles. The molecule has 1 atom stereocenters. The van der Waals surface area contributed by atoms with Crippen molar-refractivity contribution >= 4 is 11.6 Å². The van der Waals surface area contributed by atoms with E-state index in [1.165, 1.54) is 14.2 Å². The predicted molar refractivity (Wildman–Crippen MR) is 81.6 cm³/mol. The monoisotopic (exact) mass is 308 g/mol. The Morgan fingerprint density at radius 1 is 0.952 bits per heavy atom. The summed E-state index contributed by atoms with van der Waals surface area (Å²) in [6.45, 7) is 0. The van der Waals surface area contributed by atoms with Gasteiger partial charge in [-0.25, -0.2) is 0 Å². The van der Waals surface area contributed by atoms with Gasteiger partial charge in [0.1, 0.15) is 6.10 Å². The first-order chi connectivity index (χ1) is 10.1. The molecule has 4 nitrogen and oxygen atoms in total. The molecule has 0 aliphatic carbocycles. The molecule has 0 spiro atoms. The summed E-state index contributed by atoms with van der Waals surface area (Å²) in [4.78, 5) is 0. The van der Waals surface area contributed by atoms with Crippen molar-refractivity contribution < 1.29 is 19.3 Å². The first-order valence-corrected chi connectivity index (χ1v) is 6.72. The third-order valence-electron chi connectivity index (χ3n) is 3.19. The summed E-state index contributed by atoms with van der Waals surface area (Å²) in [6, 6.07) is 10.5. The first kappa shape index (κ1) is 15.5. The molecule has 5 heteroatoms. The number of aliphatic hydroxyl groups is 1. The Balaban J connectivity index is 2.53. The van der Waals surface area contributed by atoms with E-state index in [1.807, 2.05) is 0 Å². The smallest absolute Gasteiger partial charge is 0.203 e. The Kier molecular flexibility index (Phi) is 4.94. The minimum Gasteiger partial charge on any atom is -0.493 e. The van der Waals surface area contributed by atoms with Gasteiger partial charge in [-0.1, -0.05) is 23.7 Å². The van der Waals surface area contributed by atoms with Gasteiger partial charge in [0.15, 0.2) is 11.5 Å². The van der Waals surface area contributed by atoms with E-state index in [2.05, 4.69) is 0 Å². The molecule has 2 rings (SSSR count). The van der Waals surface area contributed by atoms with Crippen LogP contribution in [0.2, 0.25) is 5.02 Å². The van der Waals surface area contributed by atoms with Crippen LogP contribution in [0.3, 0.4) is 0 Å². The maximum absolute atomic E-state index is 10.6. The Hall–Kier alpha value is -1.91. The Morgan fingerprint density at radius 3 is 2.24 bits per heavy atom. The number of aliphatic hydroxyl groups excluding tert-OH is 1. The zero-order valence-electron chi connectivity index (χ0n) is 12.1. The van der Waals surface area contributed by atoms with Crippen LogP contribution in [0.5, 0.6) is 17.2 Å². The fourth-order valence-electron chi connectivity index (χ4n) is 2.20. The lowest BCUT2D eigenvalue weighted by Gasteiger charge is -2.19. The largest absolute Gasteiger partial charge is 0.493 e. The highest BCUT2D eigenvalue weighted by Gasteiger charge is 2.22. The minimum absolute atomic E-state index is 0.435. The molecule has 0 saturated heterocycles. The number of hydrogen-bond acceptors (Lipinski definition) is 4. The van der Waals surface area contributed by atoms with Crippen LogP contribution in [-0.2, 0) is 0 Å². The van der Waals surface area contributed by atoms with Gasteiger partial charge in [0.25, 0.3) is 0 Å². The summed E-state index contributed by atoms with van der Waals surface area (Å²) in [6.07, 6.45) is -0.876. The molecule has 112 valence electrons. The molecule has 2 aromatic rings. The van der Waals surface area contributed by atoms with Crippen LogP contribution in [-0.4, -0.2) is 26.4 Å². The van der Waals surface area contributed by atoms with E-state index in [9.17, 15) is 5.11 Å². The Labute approximate surface area is 128 Å². The lowest BCUT2D eigenvalue weighted by atomic mass is 10.00. The Morgan fingerprint density at radius 2 is 1.67 bits per heavy atom. The topological polar surface area (TPSA) is 47.9 Å². The summed E-state index contributed by atoms with van der Waals surface area (Å²) < 4.78 is 15.9. The second-order valence-corrected chi connectivity index (χ2v) is 4.82. The highest BCUT2D eigenvalue weighted by molar-refractivity contribution is 6.30. The lowest BCUT2D eigenvalue weighted by Crippen LogP contribution is -2.05. The molecular formula is C16H17ClO4. The van der Waals surface area contributed by atoms with E-state index < -0.39 is 6.10 Å². The van der Waals surface area contributed by atoms with Gasteiger partial charge in [-0.3, -0.25) is 0 Å². The normalized spacial score (nSPS) is 11.9. The van der Waals surface area contributed by atoms with E-state index in [0.717, 1.165) is 0 Å². The van der Waals surface area contributed by atoms with Gasteiger partial charge in [0.05, 0.1) is 21.3 Å². The number of benzene rings is 2. The molecular weight excluding hydrogens is 292 g/mol. The molecule has 0 radical (unpaired) electrons. The molecule has 0 heterocycles. The number of halogens is 1. The van der Waals surface area contributed by atoms with Gasteiger partial charge >= 0.3 is 0 Å². The van der Waals surface area contributed by atoms with Crippen molar-refractivity contribution in [2.75, 3.05) is 21.3 Å². The molecule has 0 bridgehead atoms. The van der Waals surface area contributed by atoms with Crippen LogP contribution in [0.4, 0.5) is 0 Å². The molecule has 1 N–H and O–H groups in total. The number of ether oxygens (including phenoxy) is 3. The fraction of sp³-hybridized carbons (Fsp3) is 0.250. The number of hydrogen-bond donors (Lipinski definition) is 1. The summed E-state index contributed by atoms with van der Waals surface area (Å²) >= 11 is 5.97. The SMILES string of the molecule is COc1ccc(C(O)c2cccc(Cl)c2)c(OC)c1OC. The van der Waals surface area contributed by atoms with Crippen molar-refractivity contribution in [1.82, 2.24) is 0 Å². The van der Waals surface area contributed by atoms with Gasteiger partial charge in [-0.15, -0.1) is 0 Å². The first-order valence-electron chi connectivity index (χ1n) is 6.34. The van der Waals surface area contributed by atoms with E-state index in [1.54, 1.807) is 43.5 Å². The average molecular weight is 309 g/mol. The maximum Gasteiger partial charge on any atom is 0.203 e. The van der Waals surface area contributed by atoms with Crippen molar-refractivity contribution in [2.24, 2.45) is 0 Å². The standard InChI is InChI=1S/C16H17ClO4/c1-19-13-8-7-12(15(20-2)16(13)21-3)14(18)10-5-4-6-11(17)9-10/h4-9,14,18H,1-3H3. The van der Waals surface area contributed by atoms with Gasteiger partial charge in [0.2, 0.25) is 5.75 Å². The van der Waals surface area contributed by atoms with Crippen LogP contribution in [0.1, 0.15) is 17.2 Å². The van der Waals surface area contributed by atoms with E-state index in [-0.39, 0.29) is 0 Å². The predicted octanol–water partition coefficient (Wildman–Crippen LogP) is 3.45. The van der Waals surface area contributed by atoms with Crippen LogP contribution in [0.15, 0.2) is 36.4 Å². The van der Waals surface area contributed by atoms with Crippen LogP contribution >= 0.6 is 11.6 Å². The van der Waals surface area contributed by atoms with Crippen molar-refractivity contribution in [1.29, 1.82) is 0 Å². The zero-order chi connectivity index (χ0) is 15.4. The van der Waals surface area contributed by atoms with Gasteiger partial charge < -0.3 is 19.3 Å². The third-order valence-corrected chi connectivity index (χ3v) is 3.43. The summed E-state index contributed by atoms with van der Waals surface area (Å²) in [7, 11) is 4.59. The van der Waals surface area contributed by atoms with Gasteiger partial charge in [-0.05, 0) is 29.8 Å². The second-order valence-electron chi connectivity index (χ2n) is 4.38. The summed E-state index contributed by atoms with van der Waals surface area (Å²) in [5.74, 6) is 1.42. The fourth-order valence-corrected chi connectivity index (χ4v) is 2.39. The van der Waals surface area contributed by atoms with Crippen molar-refractivity contribution in [3.63, 3.8) is 0 Å². The molecule has 0 amide bonds. The summed E-state index contributed by atoms with van der Waals surface area (Å²) in [5.41, 5.74) is 1.26. The molecule has 1 unspecified atom stereocenters. The Bertz CT molecular complexity index is 628. The van der Waals surface area contributed by atoms with Crippen molar-refractivity contribution in [3.8, 4) is 17.2 Å². The number of rotatable bonds is 5. The van der Waals surface area contributed by atoms with Crippen LogP contribution in [0.25, 0.3) is 0 Å². The van der Waals surface area contributed by atoms with E-state index in [0.29, 0.717) is 33.4 Å². The minimum atomic E-state index is -0.876. The quantitative estimate of drug-likeness (QED) is 0.919. The molecule has 0 aromatic heterocycles. The zero-order valence-corrected chi connectivity index (χ0v) is 12.8. The molecule has 0 fully saturated rings. The highest BCUT2D eigenvalue weighted by atomic mass is 35.5. The van der Waals surface area contributed by atoms with Gasteiger partial charge in [-0.2, -0.15) is 0 Å². The molecule has 21 heavy (non-hydrogen) atoms. The van der Waals surface area contributed by atoms with E-state index >= 15 is 0 Å². The lowest BCUT2D eigenvalue weighted by molar-refractivity contribution is 0.212. The second kappa shape index (κ2) is 6.70. The average Bonchev–Trinajstić information content (AvgIpc) is 2.52. The molecule has 0 aliphatic heterocycles.